The summed E-state index contributed by atoms with van der Waals surface area (Å²) in [5, 5.41) is 24.3. The molecule has 0 bridgehead atoms. The quantitative estimate of drug-likeness (QED) is 0.531. The molecule has 4 aliphatic carbocycles. The highest BCUT2D eigenvalue weighted by Crippen LogP contribution is 2.69. The van der Waals surface area contributed by atoms with Gasteiger partial charge in [-0.05, 0) is 104 Å². The lowest BCUT2D eigenvalue weighted by molar-refractivity contribution is -0.203. The number of rotatable bonds is 4. The van der Waals surface area contributed by atoms with E-state index in [9.17, 15) is 19.8 Å². The van der Waals surface area contributed by atoms with Crippen LogP contribution in [0.15, 0.2) is 0 Å². The lowest BCUT2D eigenvalue weighted by atomic mass is 9.41. The molecule has 4 saturated carbocycles. The zero-order valence-electron chi connectivity index (χ0n) is 20.8. The monoisotopic (exact) mass is 477 g/mol. The summed E-state index contributed by atoms with van der Waals surface area (Å²) in [6.07, 6.45) is 8.85. The van der Waals surface area contributed by atoms with Crippen molar-refractivity contribution in [3.8, 4) is 0 Å². The number of imide groups is 1. The Labute approximate surface area is 203 Å². The molecule has 0 aromatic carbocycles. The predicted molar refractivity (Wildman–Crippen MR) is 130 cm³/mol. The summed E-state index contributed by atoms with van der Waals surface area (Å²) < 4.78 is 0. The van der Waals surface area contributed by atoms with Crippen LogP contribution in [0.4, 0.5) is 4.79 Å². The van der Waals surface area contributed by atoms with E-state index in [1.807, 2.05) is 0 Å². The first-order valence-corrected chi connectivity index (χ1v) is 14.4. The minimum absolute atomic E-state index is 0.118. The zero-order valence-corrected chi connectivity index (χ0v) is 21.6. The molecule has 1 heterocycles. The van der Waals surface area contributed by atoms with Crippen LogP contribution < -0.4 is 5.32 Å². The smallest absolute Gasteiger partial charge is 0.286 e. The Hall–Kier alpha value is -0.590. The molecule has 0 spiro atoms. The lowest BCUT2D eigenvalue weighted by Crippen LogP contribution is -2.62. The van der Waals surface area contributed by atoms with E-state index in [1.54, 1.807) is 0 Å². The summed E-state index contributed by atoms with van der Waals surface area (Å²) in [6.45, 7) is 9.47. The Balaban J connectivity index is 1.39. The summed E-state index contributed by atoms with van der Waals surface area (Å²) >= 11 is 1.16. The van der Waals surface area contributed by atoms with Gasteiger partial charge in [-0.3, -0.25) is 14.9 Å². The largest absolute Gasteiger partial charge is 0.393 e. The zero-order chi connectivity index (χ0) is 23.7. The number of hydrogen-bond donors (Lipinski definition) is 3. The van der Waals surface area contributed by atoms with E-state index in [4.69, 9.17) is 0 Å². The summed E-state index contributed by atoms with van der Waals surface area (Å²) in [6, 6.07) is 0. The molecule has 5 aliphatic rings. The molecular weight excluding hydrogens is 434 g/mol. The fraction of sp³-hybridized carbons (Fsp3) is 0.926. The first-order valence-electron chi connectivity index (χ1n) is 13.5. The lowest BCUT2D eigenvalue weighted by Gasteiger charge is -2.64. The van der Waals surface area contributed by atoms with Gasteiger partial charge in [0.1, 0.15) is 0 Å². The van der Waals surface area contributed by atoms with Crippen LogP contribution in [0.1, 0.15) is 85.5 Å². The molecule has 5 rings (SSSR count). The van der Waals surface area contributed by atoms with Crippen molar-refractivity contribution in [3.63, 3.8) is 0 Å². The number of hydrogen-bond acceptors (Lipinski definition) is 5. The van der Waals surface area contributed by atoms with Crippen LogP contribution in [-0.4, -0.2) is 38.8 Å². The number of amides is 2. The van der Waals surface area contributed by atoms with Gasteiger partial charge in [0, 0.05) is 0 Å². The number of carbonyl (C=O) groups excluding carboxylic acids is 2. The number of thioether (sulfide) groups is 1. The van der Waals surface area contributed by atoms with E-state index in [0.29, 0.717) is 35.5 Å². The first-order chi connectivity index (χ1) is 15.6. The third-order valence-corrected chi connectivity index (χ3v) is 12.5. The second-order valence-electron chi connectivity index (χ2n) is 12.7. The average Bonchev–Trinajstić information content (AvgIpc) is 3.27. The van der Waals surface area contributed by atoms with Gasteiger partial charge in [-0.25, -0.2) is 0 Å². The summed E-state index contributed by atoms with van der Waals surface area (Å²) in [7, 11) is 0. The second-order valence-corrected chi connectivity index (χ2v) is 13.9. The first kappa shape index (κ1) is 24.1. The Morgan fingerprint density at radius 3 is 2.39 bits per heavy atom. The number of fused-ring (bicyclic) bond motifs is 5. The summed E-state index contributed by atoms with van der Waals surface area (Å²) in [5.74, 6) is 2.96. The molecule has 2 amide bonds. The highest BCUT2D eigenvalue weighted by molar-refractivity contribution is 8.15. The molecule has 5 unspecified atom stereocenters. The van der Waals surface area contributed by atoms with Crippen molar-refractivity contribution in [1.29, 1.82) is 0 Å². The maximum Gasteiger partial charge on any atom is 0.286 e. The van der Waals surface area contributed by atoms with Gasteiger partial charge in [-0.1, -0.05) is 45.9 Å². The molecule has 5 fully saturated rings. The third kappa shape index (κ3) is 3.64. The van der Waals surface area contributed by atoms with Crippen molar-refractivity contribution >= 4 is 22.9 Å². The van der Waals surface area contributed by atoms with E-state index >= 15 is 0 Å². The van der Waals surface area contributed by atoms with Crippen molar-refractivity contribution in [3.05, 3.63) is 0 Å². The van der Waals surface area contributed by atoms with Gasteiger partial charge in [0.2, 0.25) is 5.91 Å². The number of aliphatic hydroxyl groups is 2. The second kappa shape index (κ2) is 8.51. The Kier molecular flexibility index (Phi) is 6.22. The van der Waals surface area contributed by atoms with Gasteiger partial charge in [0.15, 0.2) is 0 Å². The van der Waals surface area contributed by atoms with Crippen LogP contribution in [0.25, 0.3) is 0 Å². The minimum Gasteiger partial charge on any atom is -0.393 e. The average molecular weight is 478 g/mol. The Morgan fingerprint density at radius 1 is 1.03 bits per heavy atom. The van der Waals surface area contributed by atoms with E-state index in [2.05, 4.69) is 33.0 Å². The molecule has 1 saturated heterocycles. The number of carbonyl (C=O) groups is 2. The standard InChI is InChI=1S/C27H43NO4S/c1-5-16-20-13-15(29)8-10-27(20,4)19-9-11-26(3)17(6-7-18(26)22(19)23(16)30)14(2)12-21-24(31)28-25(32)33-21/h14-23,29-30H,5-13H2,1-4H3,(H,28,31,32)/t14-,15-,16-,17-,18?,19?,20+,21?,22?,23?,26-,27-/m1/s1. The molecule has 1 aliphatic heterocycles. The van der Waals surface area contributed by atoms with Gasteiger partial charge >= 0.3 is 0 Å². The molecule has 12 atom stereocenters. The highest BCUT2D eigenvalue weighted by atomic mass is 32.2. The number of aliphatic hydroxyl groups excluding tert-OH is 2. The van der Waals surface area contributed by atoms with Crippen LogP contribution in [-0.2, 0) is 4.79 Å². The fourth-order valence-corrected chi connectivity index (χ4v) is 11.0. The van der Waals surface area contributed by atoms with Crippen LogP contribution in [0.3, 0.4) is 0 Å². The van der Waals surface area contributed by atoms with Crippen molar-refractivity contribution in [2.45, 2.75) is 103 Å². The summed E-state index contributed by atoms with van der Waals surface area (Å²) in [5.41, 5.74) is 0.425. The molecule has 33 heavy (non-hydrogen) atoms. The minimum atomic E-state index is -0.268. The molecule has 3 N–H and O–H groups in total. The fourth-order valence-electron chi connectivity index (χ4n) is 9.98. The number of nitrogens with one attached hydrogen (secondary N) is 1. The van der Waals surface area contributed by atoms with Gasteiger partial charge in [0.05, 0.1) is 17.5 Å². The van der Waals surface area contributed by atoms with Crippen LogP contribution >= 0.6 is 11.8 Å². The molecule has 0 aromatic heterocycles. The Morgan fingerprint density at radius 2 is 1.73 bits per heavy atom. The van der Waals surface area contributed by atoms with E-state index in [0.717, 1.165) is 43.9 Å². The van der Waals surface area contributed by atoms with Crippen molar-refractivity contribution < 1.29 is 19.8 Å². The molecule has 6 heteroatoms. The van der Waals surface area contributed by atoms with Crippen molar-refractivity contribution in [2.75, 3.05) is 0 Å². The van der Waals surface area contributed by atoms with Gasteiger partial charge in [-0.15, -0.1) is 0 Å². The summed E-state index contributed by atoms with van der Waals surface area (Å²) in [4.78, 5) is 23.9. The SMILES string of the molecule is CC[C@H]1C(O)C2C3CC[C@H]([C@H](C)CC4SC(=O)NC4=O)[C@@]3(C)CCC2[C@@]2(C)CC[C@@H](O)C[C@@H]12. The van der Waals surface area contributed by atoms with E-state index in [-0.39, 0.29) is 45.4 Å². The maximum atomic E-state index is 12.2. The normalized spacial score (nSPS) is 52.6. The molecule has 0 radical (unpaired) electrons. The van der Waals surface area contributed by atoms with Gasteiger partial charge in [0.25, 0.3) is 5.24 Å². The highest BCUT2D eigenvalue weighted by Gasteiger charge is 2.65. The van der Waals surface area contributed by atoms with Crippen LogP contribution in [0, 0.1) is 52.3 Å². The van der Waals surface area contributed by atoms with Crippen molar-refractivity contribution in [2.24, 2.45) is 52.3 Å². The van der Waals surface area contributed by atoms with Gasteiger partial charge in [-0.2, -0.15) is 0 Å². The molecule has 0 aromatic rings. The molecular formula is C27H43NO4S. The van der Waals surface area contributed by atoms with Crippen molar-refractivity contribution in [1.82, 2.24) is 5.32 Å². The topological polar surface area (TPSA) is 86.6 Å². The Bertz CT molecular complexity index is 805. The van der Waals surface area contributed by atoms with Gasteiger partial charge < -0.3 is 10.2 Å². The van der Waals surface area contributed by atoms with Crippen LogP contribution in [0.2, 0.25) is 0 Å². The van der Waals surface area contributed by atoms with E-state index in [1.165, 1.54) is 25.7 Å². The molecule has 5 nitrogen and oxygen atoms in total. The van der Waals surface area contributed by atoms with Crippen LogP contribution in [0.5, 0.6) is 0 Å². The third-order valence-electron chi connectivity index (χ3n) is 11.5. The van der Waals surface area contributed by atoms with E-state index < -0.39 is 0 Å². The maximum absolute atomic E-state index is 12.2. The predicted octanol–water partition coefficient (Wildman–Crippen LogP) is 4.99. The molecule has 186 valence electrons.